The van der Waals surface area contributed by atoms with Gasteiger partial charge in [-0.25, -0.2) is 0 Å². The summed E-state index contributed by atoms with van der Waals surface area (Å²) in [6, 6.07) is 0. The number of nitrogens with zero attached hydrogens (tertiary/aromatic N) is 1. The summed E-state index contributed by atoms with van der Waals surface area (Å²) in [5, 5.41) is 11.6. The third-order valence-corrected chi connectivity index (χ3v) is 3.35. The van der Waals surface area contributed by atoms with Gasteiger partial charge in [0, 0.05) is 20.0 Å². The Kier molecular flexibility index (Phi) is 5.40. The summed E-state index contributed by atoms with van der Waals surface area (Å²) in [7, 11) is 1.55. The molecule has 2 N–H and O–H groups in total. The van der Waals surface area contributed by atoms with E-state index in [0.717, 1.165) is 0 Å². The first-order valence-corrected chi connectivity index (χ1v) is 6.02. The molecule has 0 aromatic carbocycles. The van der Waals surface area contributed by atoms with Crippen molar-refractivity contribution in [1.29, 1.82) is 0 Å². The second kappa shape index (κ2) is 6.38. The van der Waals surface area contributed by atoms with Gasteiger partial charge in [0.2, 0.25) is 5.91 Å². The van der Waals surface area contributed by atoms with Crippen molar-refractivity contribution >= 4 is 5.91 Å². The predicted molar refractivity (Wildman–Crippen MR) is 59.9 cm³/mol. The average Bonchev–Trinajstić information content (AvgIpc) is 2.34. The van der Waals surface area contributed by atoms with Crippen LogP contribution in [0.3, 0.4) is 0 Å². The smallest absolute Gasteiger partial charge is 0.383 e. The highest BCUT2D eigenvalue weighted by atomic mass is 19.4. The van der Waals surface area contributed by atoms with Gasteiger partial charge >= 0.3 is 6.18 Å². The van der Waals surface area contributed by atoms with E-state index >= 15 is 0 Å². The van der Waals surface area contributed by atoms with Crippen LogP contribution in [-0.4, -0.2) is 54.9 Å². The molecule has 18 heavy (non-hydrogen) atoms. The lowest BCUT2D eigenvalue weighted by molar-refractivity contribution is -0.223. The van der Waals surface area contributed by atoms with Gasteiger partial charge in [-0.05, 0) is 31.8 Å². The number of rotatable bonds is 4. The van der Waals surface area contributed by atoms with Crippen LogP contribution in [0.4, 0.5) is 13.2 Å². The second-order valence-corrected chi connectivity index (χ2v) is 4.59. The van der Waals surface area contributed by atoms with Gasteiger partial charge in [-0.1, -0.05) is 0 Å². The molecule has 0 bridgehead atoms. The third-order valence-electron chi connectivity index (χ3n) is 3.35. The molecule has 1 atom stereocenters. The first-order valence-electron chi connectivity index (χ1n) is 6.02. The van der Waals surface area contributed by atoms with Gasteiger partial charge in [-0.15, -0.1) is 0 Å². The highest BCUT2D eigenvalue weighted by molar-refractivity contribution is 5.75. The number of aliphatic hydroxyl groups is 1. The first kappa shape index (κ1) is 15.2. The maximum absolute atomic E-state index is 12.3. The number of amides is 1. The fourth-order valence-electron chi connectivity index (χ4n) is 2.14. The number of likely N-dealkylation sites (tertiary alicyclic amines) is 1. The largest absolute Gasteiger partial charge is 0.414 e. The molecule has 0 saturated carbocycles. The van der Waals surface area contributed by atoms with Gasteiger partial charge in [-0.3, -0.25) is 4.79 Å². The molecule has 1 heterocycles. The number of hydrogen-bond donors (Lipinski definition) is 2. The molecule has 0 aliphatic carbocycles. The van der Waals surface area contributed by atoms with Crippen LogP contribution in [0.15, 0.2) is 0 Å². The molecular formula is C11H19F3N2O2. The van der Waals surface area contributed by atoms with Crippen molar-refractivity contribution in [2.24, 2.45) is 5.92 Å². The van der Waals surface area contributed by atoms with Crippen molar-refractivity contribution in [1.82, 2.24) is 10.2 Å². The normalized spacial score (nSPS) is 20.7. The highest BCUT2D eigenvalue weighted by Gasteiger charge is 2.44. The Hall–Kier alpha value is -0.820. The second-order valence-electron chi connectivity index (χ2n) is 4.59. The minimum absolute atomic E-state index is 0.0764. The molecule has 7 heteroatoms. The Morgan fingerprint density at radius 1 is 1.44 bits per heavy atom. The summed E-state index contributed by atoms with van der Waals surface area (Å²) in [6.45, 7) is 1.54. The van der Waals surface area contributed by atoms with Gasteiger partial charge < -0.3 is 15.3 Å². The molecule has 0 aromatic rings. The fraction of sp³-hybridized carbons (Fsp3) is 0.909. The van der Waals surface area contributed by atoms with E-state index < -0.39 is 18.2 Å². The number of carbonyl (C=O) groups is 1. The summed E-state index contributed by atoms with van der Waals surface area (Å²) in [5.41, 5.74) is 0. The first-order chi connectivity index (χ1) is 8.34. The van der Waals surface area contributed by atoms with E-state index in [2.05, 4.69) is 5.32 Å². The Labute approximate surface area is 104 Å². The van der Waals surface area contributed by atoms with Crippen molar-refractivity contribution in [3.05, 3.63) is 0 Å². The van der Waals surface area contributed by atoms with Crippen LogP contribution in [0.2, 0.25) is 0 Å². The summed E-state index contributed by atoms with van der Waals surface area (Å²) in [6.07, 6.45) is -5.78. The van der Waals surface area contributed by atoms with E-state index in [9.17, 15) is 18.0 Å². The molecule has 0 aromatic heterocycles. The average molecular weight is 268 g/mol. The summed E-state index contributed by atoms with van der Waals surface area (Å²) in [4.78, 5) is 13.0. The van der Waals surface area contributed by atoms with Gasteiger partial charge in [0.05, 0.1) is 0 Å². The molecule has 1 rings (SSSR count). The highest BCUT2D eigenvalue weighted by Crippen LogP contribution is 2.31. The quantitative estimate of drug-likeness (QED) is 0.791. The Morgan fingerprint density at radius 2 is 2.00 bits per heavy atom. The monoisotopic (exact) mass is 268 g/mol. The lowest BCUT2D eigenvalue weighted by Gasteiger charge is -2.34. The van der Waals surface area contributed by atoms with Gasteiger partial charge in [0.1, 0.15) is 0 Å². The minimum Gasteiger partial charge on any atom is -0.383 e. The van der Waals surface area contributed by atoms with Gasteiger partial charge in [0.15, 0.2) is 6.10 Å². The SMILES string of the molecule is CNC(=O)CCN1CCC(C(O)C(F)(F)F)CC1. The summed E-state index contributed by atoms with van der Waals surface area (Å²) >= 11 is 0. The van der Waals surface area contributed by atoms with Crippen molar-refractivity contribution in [2.45, 2.75) is 31.5 Å². The van der Waals surface area contributed by atoms with Crippen LogP contribution in [0.1, 0.15) is 19.3 Å². The maximum Gasteiger partial charge on any atom is 0.414 e. The van der Waals surface area contributed by atoms with Crippen molar-refractivity contribution in [2.75, 3.05) is 26.7 Å². The number of nitrogens with one attached hydrogen (secondary N) is 1. The number of halogens is 3. The number of carbonyl (C=O) groups excluding carboxylic acids is 1. The molecule has 0 spiro atoms. The minimum atomic E-state index is -4.53. The van der Waals surface area contributed by atoms with Crippen molar-refractivity contribution in [3.63, 3.8) is 0 Å². The molecule has 1 aliphatic heterocycles. The Morgan fingerprint density at radius 3 is 2.44 bits per heavy atom. The van der Waals surface area contributed by atoms with Crippen LogP contribution < -0.4 is 5.32 Å². The fourth-order valence-corrected chi connectivity index (χ4v) is 2.14. The van der Waals surface area contributed by atoms with E-state index in [0.29, 0.717) is 38.9 Å². The molecule has 1 unspecified atom stereocenters. The van der Waals surface area contributed by atoms with E-state index in [4.69, 9.17) is 5.11 Å². The zero-order chi connectivity index (χ0) is 13.8. The number of alkyl halides is 3. The third kappa shape index (κ3) is 4.45. The van der Waals surface area contributed by atoms with Crippen LogP contribution in [0, 0.1) is 5.92 Å². The van der Waals surface area contributed by atoms with E-state index in [-0.39, 0.29) is 5.91 Å². The lowest BCUT2D eigenvalue weighted by atomic mass is 9.91. The van der Waals surface area contributed by atoms with E-state index in [1.165, 1.54) is 0 Å². The topological polar surface area (TPSA) is 52.6 Å². The van der Waals surface area contributed by atoms with Crippen LogP contribution >= 0.6 is 0 Å². The van der Waals surface area contributed by atoms with Crippen LogP contribution in [0.25, 0.3) is 0 Å². The summed E-state index contributed by atoms with van der Waals surface area (Å²) in [5.74, 6) is -0.797. The molecule has 106 valence electrons. The summed E-state index contributed by atoms with van der Waals surface area (Å²) < 4.78 is 36.9. The van der Waals surface area contributed by atoms with Crippen LogP contribution in [0.5, 0.6) is 0 Å². The van der Waals surface area contributed by atoms with E-state index in [1.54, 1.807) is 7.05 Å². The Bertz CT molecular complexity index is 276. The number of aliphatic hydroxyl groups excluding tert-OH is 1. The molecule has 0 radical (unpaired) electrons. The molecule has 1 aliphatic rings. The number of piperidine rings is 1. The zero-order valence-corrected chi connectivity index (χ0v) is 10.3. The van der Waals surface area contributed by atoms with Crippen LogP contribution in [-0.2, 0) is 4.79 Å². The molecule has 1 fully saturated rings. The molecular weight excluding hydrogens is 249 g/mol. The standard InChI is InChI=1S/C11H19F3N2O2/c1-15-9(17)4-7-16-5-2-8(3-6-16)10(18)11(12,13)14/h8,10,18H,2-7H2,1H3,(H,15,17). The molecule has 4 nitrogen and oxygen atoms in total. The zero-order valence-electron chi connectivity index (χ0n) is 10.3. The van der Waals surface area contributed by atoms with Gasteiger partial charge in [0.25, 0.3) is 0 Å². The Balaban J connectivity index is 2.30. The maximum atomic E-state index is 12.3. The van der Waals surface area contributed by atoms with Crippen molar-refractivity contribution in [3.8, 4) is 0 Å². The number of hydrogen-bond acceptors (Lipinski definition) is 3. The van der Waals surface area contributed by atoms with Gasteiger partial charge in [-0.2, -0.15) is 13.2 Å². The molecule has 1 saturated heterocycles. The lowest BCUT2D eigenvalue weighted by Crippen LogP contribution is -2.44. The molecule has 1 amide bonds. The predicted octanol–water partition coefficient (Wildman–Crippen LogP) is 0.758. The van der Waals surface area contributed by atoms with E-state index in [1.807, 2.05) is 4.90 Å². The van der Waals surface area contributed by atoms with Crippen molar-refractivity contribution < 1.29 is 23.1 Å².